The second kappa shape index (κ2) is 6.78. The molecule has 0 radical (unpaired) electrons. The SMILES string of the molecule is O=C1CC[C@@H](NC(=O)N2Cc3cccc(F)c3C2)[C@H](c2ccccc2)N1. The monoisotopic (exact) mass is 353 g/mol. The van der Waals surface area contributed by atoms with Crippen LogP contribution >= 0.6 is 0 Å². The fourth-order valence-electron chi connectivity index (χ4n) is 3.71. The van der Waals surface area contributed by atoms with Crippen molar-refractivity contribution in [1.29, 1.82) is 0 Å². The van der Waals surface area contributed by atoms with Crippen molar-refractivity contribution >= 4 is 11.9 Å². The molecular formula is C20H20FN3O2. The largest absolute Gasteiger partial charge is 0.347 e. The number of halogens is 1. The minimum absolute atomic E-state index is 0.0139. The molecule has 2 aromatic carbocycles. The lowest BCUT2D eigenvalue weighted by molar-refractivity contribution is -0.123. The van der Waals surface area contributed by atoms with Gasteiger partial charge >= 0.3 is 6.03 Å². The Balaban J connectivity index is 1.48. The highest BCUT2D eigenvalue weighted by Crippen LogP contribution is 2.27. The van der Waals surface area contributed by atoms with Crippen molar-refractivity contribution in [3.8, 4) is 0 Å². The second-order valence-electron chi connectivity index (χ2n) is 6.78. The Labute approximate surface area is 151 Å². The first kappa shape index (κ1) is 16.6. The van der Waals surface area contributed by atoms with Gasteiger partial charge < -0.3 is 15.5 Å². The molecule has 2 aliphatic heterocycles. The second-order valence-corrected chi connectivity index (χ2v) is 6.78. The smallest absolute Gasteiger partial charge is 0.318 e. The van der Waals surface area contributed by atoms with E-state index in [1.807, 2.05) is 36.4 Å². The zero-order chi connectivity index (χ0) is 18.1. The first-order valence-electron chi connectivity index (χ1n) is 8.78. The molecule has 2 N–H and O–H groups in total. The Hall–Kier alpha value is -2.89. The van der Waals surface area contributed by atoms with E-state index in [0.29, 0.717) is 24.9 Å². The Morgan fingerprint density at radius 1 is 1.12 bits per heavy atom. The quantitative estimate of drug-likeness (QED) is 0.872. The van der Waals surface area contributed by atoms with Crippen LogP contribution in [0.1, 0.15) is 35.6 Å². The molecule has 134 valence electrons. The van der Waals surface area contributed by atoms with Gasteiger partial charge in [0.1, 0.15) is 5.82 Å². The third kappa shape index (κ3) is 3.14. The number of piperidine rings is 1. The topological polar surface area (TPSA) is 61.4 Å². The van der Waals surface area contributed by atoms with E-state index < -0.39 is 0 Å². The minimum Gasteiger partial charge on any atom is -0.347 e. The molecule has 0 aliphatic carbocycles. The number of fused-ring (bicyclic) bond motifs is 1. The van der Waals surface area contributed by atoms with Crippen LogP contribution in [-0.4, -0.2) is 22.9 Å². The molecule has 1 fully saturated rings. The van der Waals surface area contributed by atoms with Gasteiger partial charge in [-0.25, -0.2) is 9.18 Å². The summed E-state index contributed by atoms with van der Waals surface area (Å²) in [5, 5.41) is 6.01. The molecule has 2 aromatic rings. The van der Waals surface area contributed by atoms with E-state index in [1.165, 1.54) is 6.07 Å². The van der Waals surface area contributed by atoms with Crippen molar-refractivity contribution in [2.24, 2.45) is 0 Å². The van der Waals surface area contributed by atoms with E-state index in [9.17, 15) is 14.0 Å². The highest BCUT2D eigenvalue weighted by atomic mass is 19.1. The zero-order valence-corrected chi connectivity index (χ0v) is 14.2. The lowest BCUT2D eigenvalue weighted by atomic mass is 9.92. The number of benzene rings is 2. The first-order chi connectivity index (χ1) is 12.6. The van der Waals surface area contributed by atoms with E-state index in [1.54, 1.807) is 11.0 Å². The Kier molecular flexibility index (Phi) is 4.32. The Morgan fingerprint density at radius 2 is 1.92 bits per heavy atom. The number of rotatable bonds is 2. The van der Waals surface area contributed by atoms with Crippen LogP contribution in [0.2, 0.25) is 0 Å². The Morgan fingerprint density at radius 3 is 2.69 bits per heavy atom. The van der Waals surface area contributed by atoms with Crippen molar-refractivity contribution < 1.29 is 14.0 Å². The van der Waals surface area contributed by atoms with E-state index in [4.69, 9.17) is 0 Å². The van der Waals surface area contributed by atoms with E-state index in [-0.39, 0.29) is 36.4 Å². The highest BCUT2D eigenvalue weighted by molar-refractivity contribution is 5.79. The van der Waals surface area contributed by atoms with Gasteiger partial charge in [-0.2, -0.15) is 0 Å². The number of carbonyl (C=O) groups is 2. The van der Waals surface area contributed by atoms with Gasteiger partial charge in [-0.05, 0) is 23.6 Å². The molecule has 4 rings (SSSR count). The number of carbonyl (C=O) groups excluding carboxylic acids is 2. The number of nitrogens with one attached hydrogen (secondary N) is 2. The maximum absolute atomic E-state index is 13.9. The normalized spacial score (nSPS) is 21.9. The molecule has 1 saturated heterocycles. The third-order valence-corrected chi connectivity index (χ3v) is 5.08. The third-order valence-electron chi connectivity index (χ3n) is 5.08. The number of hydrogen-bond acceptors (Lipinski definition) is 2. The van der Waals surface area contributed by atoms with Crippen molar-refractivity contribution in [3.05, 3.63) is 71.0 Å². The van der Waals surface area contributed by atoms with Gasteiger partial charge in [-0.15, -0.1) is 0 Å². The molecule has 0 spiro atoms. The summed E-state index contributed by atoms with van der Waals surface area (Å²) in [7, 11) is 0. The van der Waals surface area contributed by atoms with Crippen molar-refractivity contribution in [2.75, 3.05) is 0 Å². The van der Waals surface area contributed by atoms with Gasteiger partial charge in [0.2, 0.25) is 5.91 Å². The number of amides is 3. The molecule has 3 amide bonds. The van der Waals surface area contributed by atoms with Crippen molar-refractivity contribution in [1.82, 2.24) is 15.5 Å². The molecule has 2 atom stereocenters. The zero-order valence-electron chi connectivity index (χ0n) is 14.2. The van der Waals surface area contributed by atoms with E-state index in [2.05, 4.69) is 10.6 Å². The van der Waals surface area contributed by atoms with Crippen molar-refractivity contribution in [3.63, 3.8) is 0 Å². The number of urea groups is 1. The van der Waals surface area contributed by atoms with Gasteiger partial charge in [-0.3, -0.25) is 4.79 Å². The van der Waals surface area contributed by atoms with Crippen LogP contribution in [0.3, 0.4) is 0 Å². The fourth-order valence-corrected chi connectivity index (χ4v) is 3.71. The summed E-state index contributed by atoms with van der Waals surface area (Å²) in [6.07, 6.45) is 0.954. The number of nitrogens with zero attached hydrogens (tertiary/aromatic N) is 1. The molecule has 0 unspecified atom stereocenters. The van der Waals surface area contributed by atoms with Crippen molar-refractivity contribution in [2.45, 2.75) is 38.0 Å². The molecule has 26 heavy (non-hydrogen) atoms. The van der Waals surface area contributed by atoms with Crippen LogP contribution in [-0.2, 0) is 17.9 Å². The van der Waals surface area contributed by atoms with Crippen LogP contribution in [0, 0.1) is 5.82 Å². The summed E-state index contributed by atoms with van der Waals surface area (Å²) in [4.78, 5) is 26.2. The van der Waals surface area contributed by atoms with Crippen LogP contribution in [0.15, 0.2) is 48.5 Å². The van der Waals surface area contributed by atoms with Crippen LogP contribution in [0.4, 0.5) is 9.18 Å². The molecule has 2 heterocycles. The predicted octanol–water partition coefficient (Wildman–Crippen LogP) is 2.87. The van der Waals surface area contributed by atoms with Gasteiger partial charge in [-0.1, -0.05) is 42.5 Å². The summed E-state index contributed by atoms with van der Waals surface area (Å²) in [5.41, 5.74) is 2.39. The van der Waals surface area contributed by atoms with E-state index >= 15 is 0 Å². The summed E-state index contributed by atoms with van der Waals surface area (Å²) in [6, 6.07) is 13.9. The lowest BCUT2D eigenvalue weighted by Crippen LogP contribution is -2.52. The van der Waals surface area contributed by atoms with Crippen LogP contribution < -0.4 is 10.6 Å². The fraction of sp³-hybridized carbons (Fsp3) is 0.300. The molecule has 0 bridgehead atoms. The summed E-state index contributed by atoms with van der Waals surface area (Å²) in [6.45, 7) is 0.664. The molecule has 5 nitrogen and oxygen atoms in total. The van der Waals surface area contributed by atoms with Gasteiger partial charge in [0, 0.05) is 18.5 Å². The maximum atomic E-state index is 13.9. The first-order valence-corrected chi connectivity index (χ1v) is 8.78. The minimum atomic E-state index is -0.273. The summed E-state index contributed by atoms with van der Waals surface area (Å²) < 4.78 is 13.9. The summed E-state index contributed by atoms with van der Waals surface area (Å²) in [5.74, 6) is -0.287. The average Bonchev–Trinajstić information content (AvgIpc) is 3.10. The van der Waals surface area contributed by atoms with Gasteiger partial charge in [0.25, 0.3) is 0 Å². The summed E-state index contributed by atoms with van der Waals surface area (Å²) >= 11 is 0. The highest BCUT2D eigenvalue weighted by Gasteiger charge is 2.33. The van der Waals surface area contributed by atoms with E-state index in [0.717, 1.165) is 11.1 Å². The number of hydrogen-bond donors (Lipinski definition) is 2. The predicted molar refractivity (Wildman–Crippen MR) is 94.5 cm³/mol. The standard InChI is InChI=1S/C20H20FN3O2/c21-16-8-4-7-14-11-24(12-15(14)16)20(26)22-17-9-10-18(25)23-19(17)13-5-2-1-3-6-13/h1-8,17,19H,9-12H2,(H,22,26)(H,23,25)/t17-,19+/m1/s1. The molecule has 0 saturated carbocycles. The van der Waals surface area contributed by atoms with Gasteiger partial charge in [0.15, 0.2) is 0 Å². The van der Waals surface area contributed by atoms with Crippen LogP contribution in [0.25, 0.3) is 0 Å². The molecular weight excluding hydrogens is 333 g/mol. The lowest BCUT2D eigenvalue weighted by Gasteiger charge is -2.34. The maximum Gasteiger partial charge on any atom is 0.318 e. The van der Waals surface area contributed by atoms with Gasteiger partial charge in [0.05, 0.1) is 18.6 Å². The average molecular weight is 353 g/mol. The molecule has 2 aliphatic rings. The van der Waals surface area contributed by atoms with Crippen LogP contribution in [0.5, 0.6) is 0 Å². The molecule has 0 aromatic heterocycles. The Bertz CT molecular complexity index is 840. The molecule has 6 heteroatoms.